The molecule has 2 rings (SSSR count). The number of nitrogens with one attached hydrogen (secondary N) is 2. The third-order valence-corrected chi connectivity index (χ3v) is 4.00. The van der Waals surface area contributed by atoms with Gasteiger partial charge in [-0.1, -0.05) is 36.4 Å². The van der Waals surface area contributed by atoms with Crippen molar-refractivity contribution in [3.8, 4) is 11.5 Å². The summed E-state index contributed by atoms with van der Waals surface area (Å²) in [6.07, 6.45) is 0.678. The van der Waals surface area contributed by atoms with Crippen molar-refractivity contribution in [1.29, 1.82) is 0 Å². The standard InChI is InChI=1S/C20H27N3O2.HI/c1-4-21-20(23-14-17-9-6-5-8-15(17)2)22-13-12-16-10-7-11-18(25-3)19(16)24;/h5-11,24H,4,12-14H2,1-3H3,(H2,21,22,23);1H. The largest absolute Gasteiger partial charge is 0.504 e. The summed E-state index contributed by atoms with van der Waals surface area (Å²) < 4.78 is 5.14. The van der Waals surface area contributed by atoms with Gasteiger partial charge in [0, 0.05) is 13.1 Å². The quantitative estimate of drug-likeness (QED) is 0.329. The zero-order valence-corrected chi connectivity index (χ0v) is 17.9. The van der Waals surface area contributed by atoms with E-state index in [2.05, 4.69) is 34.7 Å². The highest BCUT2D eigenvalue weighted by atomic mass is 127. The van der Waals surface area contributed by atoms with Gasteiger partial charge in [0.15, 0.2) is 17.5 Å². The Morgan fingerprint density at radius 1 is 1.08 bits per heavy atom. The van der Waals surface area contributed by atoms with Crippen LogP contribution in [0.4, 0.5) is 0 Å². The molecule has 0 aliphatic heterocycles. The maximum absolute atomic E-state index is 10.1. The van der Waals surface area contributed by atoms with Gasteiger partial charge in [-0.3, -0.25) is 0 Å². The van der Waals surface area contributed by atoms with E-state index in [1.165, 1.54) is 11.1 Å². The number of hydrogen-bond donors (Lipinski definition) is 3. The number of halogens is 1. The van der Waals surface area contributed by atoms with E-state index in [0.717, 1.165) is 18.1 Å². The zero-order valence-electron chi connectivity index (χ0n) is 15.6. The number of guanidine groups is 1. The molecule has 5 nitrogen and oxygen atoms in total. The fourth-order valence-corrected chi connectivity index (χ4v) is 2.54. The fourth-order valence-electron chi connectivity index (χ4n) is 2.54. The summed E-state index contributed by atoms with van der Waals surface area (Å²) in [5.74, 6) is 1.47. The Morgan fingerprint density at radius 3 is 2.50 bits per heavy atom. The summed E-state index contributed by atoms with van der Waals surface area (Å²) in [5.41, 5.74) is 3.30. The molecule has 0 aliphatic carbocycles. The van der Waals surface area contributed by atoms with Crippen molar-refractivity contribution in [1.82, 2.24) is 10.6 Å². The van der Waals surface area contributed by atoms with Gasteiger partial charge in [-0.15, -0.1) is 24.0 Å². The lowest BCUT2D eigenvalue weighted by molar-refractivity contribution is 0.370. The Morgan fingerprint density at radius 2 is 1.81 bits per heavy atom. The van der Waals surface area contributed by atoms with Crippen LogP contribution in [0, 0.1) is 6.92 Å². The van der Waals surface area contributed by atoms with Crippen molar-refractivity contribution in [2.45, 2.75) is 26.8 Å². The van der Waals surface area contributed by atoms with E-state index in [4.69, 9.17) is 4.74 Å². The number of phenolic OH excluding ortho intramolecular Hbond substituents is 1. The lowest BCUT2D eigenvalue weighted by Gasteiger charge is -2.13. The molecule has 3 N–H and O–H groups in total. The van der Waals surface area contributed by atoms with Gasteiger partial charge in [-0.05, 0) is 43.0 Å². The lowest BCUT2D eigenvalue weighted by atomic mass is 10.1. The second-order valence-corrected chi connectivity index (χ2v) is 5.77. The van der Waals surface area contributed by atoms with Crippen molar-refractivity contribution in [3.05, 3.63) is 59.2 Å². The Hall–Kier alpha value is -1.96. The first kappa shape index (κ1) is 22.1. The van der Waals surface area contributed by atoms with Crippen molar-refractivity contribution >= 4 is 29.9 Å². The summed E-state index contributed by atoms with van der Waals surface area (Å²) in [6.45, 7) is 6.23. The summed E-state index contributed by atoms with van der Waals surface area (Å²) in [7, 11) is 1.55. The summed E-state index contributed by atoms with van der Waals surface area (Å²) in [5, 5.41) is 16.7. The number of ether oxygens (including phenoxy) is 1. The molecule has 0 unspecified atom stereocenters. The Bertz CT molecular complexity index is 720. The van der Waals surface area contributed by atoms with Crippen molar-refractivity contribution in [2.75, 3.05) is 20.2 Å². The first-order valence-electron chi connectivity index (χ1n) is 8.57. The number of aromatic hydroxyl groups is 1. The average Bonchev–Trinajstić information content (AvgIpc) is 2.62. The Balaban J connectivity index is 0.00000338. The highest BCUT2D eigenvalue weighted by Crippen LogP contribution is 2.29. The zero-order chi connectivity index (χ0) is 18.1. The molecule has 2 aromatic rings. The van der Waals surface area contributed by atoms with Crippen molar-refractivity contribution in [2.24, 2.45) is 4.99 Å². The molecule has 0 bridgehead atoms. The number of benzene rings is 2. The third-order valence-electron chi connectivity index (χ3n) is 4.00. The van der Waals surface area contributed by atoms with Crippen LogP contribution < -0.4 is 15.4 Å². The molecule has 142 valence electrons. The molecule has 0 saturated heterocycles. The van der Waals surface area contributed by atoms with Crippen molar-refractivity contribution in [3.63, 3.8) is 0 Å². The second kappa shape index (κ2) is 11.6. The van der Waals surface area contributed by atoms with E-state index in [-0.39, 0.29) is 29.7 Å². The van der Waals surface area contributed by atoms with Gasteiger partial charge < -0.3 is 20.5 Å². The molecule has 0 atom stereocenters. The van der Waals surface area contributed by atoms with Crippen LogP contribution in [0.25, 0.3) is 0 Å². The number of methoxy groups -OCH3 is 1. The van der Waals surface area contributed by atoms with Crippen LogP contribution in [0.5, 0.6) is 11.5 Å². The van der Waals surface area contributed by atoms with Gasteiger partial charge >= 0.3 is 0 Å². The van der Waals surface area contributed by atoms with Crippen molar-refractivity contribution < 1.29 is 9.84 Å². The monoisotopic (exact) mass is 469 g/mol. The topological polar surface area (TPSA) is 65.9 Å². The van der Waals surface area contributed by atoms with E-state index in [1.807, 2.05) is 31.2 Å². The predicted molar refractivity (Wildman–Crippen MR) is 118 cm³/mol. The molecule has 0 aromatic heterocycles. The van der Waals surface area contributed by atoms with Gasteiger partial charge in [-0.2, -0.15) is 0 Å². The van der Waals surface area contributed by atoms with Crippen LogP contribution in [0.1, 0.15) is 23.6 Å². The summed E-state index contributed by atoms with van der Waals surface area (Å²) >= 11 is 0. The molecule has 0 heterocycles. The number of nitrogens with zero attached hydrogens (tertiary/aromatic N) is 1. The maximum atomic E-state index is 10.1. The minimum absolute atomic E-state index is 0. The van der Waals surface area contributed by atoms with Crippen LogP contribution in [0.3, 0.4) is 0 Å². The van der Waals surface area contributed by atoms with Crippen LogP contribution in [-0.4, -0.2) is 31.3 Å². The number of phenols is 1. The van der Waals surface area contributed by atoms with Gasteiger partial charge in [0.05, 0.1) is 13.7 Å². The second-order valence-electron chi connectivity index (χ2n) is 5.77. The summed E-state index contributed by atoms with van der Waals surface area (Å²) in [4.78, 5) is 4.64. The molecule has 0 spiro atoms. The Labute approximate surface area is 172 Å². The molecule has 0 fully saturated rings. The average molecular weight is 469 g/mol. The normalized spacial score (nSPS) is 10.8. The molecular weight excluding hydrogens is 441 g/mol. The first-order chi connectivity index (χ1) is 12.2. The number of aliphatic imine (C=N–C) groups is 1. The number of para-hydroxylation sites is 1. The van der Waals surface area contributed by atoms with E-state index < -0.39 is 0 Å². The van der Waals surface area contributed by atoms with E-state index in [0.29, 0.717) is 25.3 Å². The molecular formula is C20H28IN3O2. The fraction of sp³-hybridized carbons (Fsp3) is 0.350. The number of hydrogen-bond acceptors (Lipinski definition) is 3. The molecule has 0 amide bonds. The molecule has 6 heteroatoms. The van der Waals surface area contributed by atoms with E-state index >= 15 is 0 Å². The molecule has 0 saturated carbocycles. The molecule has 0 radical (unpaired) electrons. The minimum Gasteiger partial charge on any atom is -0.504 e. The van der Waals surface area contributed by atoms with Crippen LogP contribution in [0.2, 0.25) is 0 Å². The number of rotatable bonds is 7. The molecule has 2 aromatic carbocycles. The molecule has 26 heavy (non-hydrogen) atoms. The lowest BCUT2D eigenvalue weighted by Crippen LogP contribution is -2.38. The minimum atomic E-state index is 0. The third kappa shape index (κ3) is 6.40. The maximum Gasteiger partial charge on any atom is 0.191 e. The van der Waals surface area contributed by atoms with Gasteiger partial charge in [-0.25, -0.2) is 4.99 Å². The van der Waals surface area contributed by atoms with E-state index in [9.17, 15) is 5.11 Å². The molecule has 0 aliphatic rings. The van der Waals surface area contributed by atoms with E-state index in [1.54, 1.807) is 13.2 Å². The van der Waals surface area contributed by atoms with Gasteiger partial charge in [0.2, 0.25) is 0 Å². The van der Waals surface area contributed by atoms with Crippen LogP contribution >= 0.6 is 24.0 Å². The smallest absolute Gasteiger partial charge is 0.191 e. The Kier molecular flexibility index (Phi) is 9.87. The summed E-state index contributed by atoms with van der Waals surface area (Å²) in [6, 6.07) is 13.8. The predicted octanol–water partition coefficient (Wildman–Crippen LogP) is 3.63. The highest BCUT2D eigenvalue weighted by molar-refractivity contribution is 14.0. The van der Waals surface area contributed by atoms with Gasteiger partial charge in [0.25, 0.3) is 0 Å². The SMILES string of the molecule is CCNC(=NCc1ccccc1C)NCCc1cccc(OC)c1O.I. The van der Waals surface area contributed by atoms with Crippen LogP contribution in [-0.2, 0) is 13.0 Å². The number of aryl methyl sites for hydroxylation is 1. The van der Waals surface area contributed by atoms with Gasteiger partial charge in [0.1, 0.15) is 0 Å². The van der Waals surface area contributed by atoms with Crippen LogP contribution in [0.15, 0.2) is 47.5 Å². The first-order valence-corrected chi connectivity index (χ1v) is 8.57. The highest BCUT2D eigenvalue weighted by Gasteiger charge is 2.07.